The van der Waals surface area contributed by atoms with Crippen LogP contribution in [0.2, 0.25) is 0 Å². The van der Waals surface area contributed by atoms with Crippen LogP contribution in [0.25, 0.3) is 0 Å². The second-order valence-electron chi connectivity index (χ2n) is 9.76. The number of pyridine rings is 1. The van der Waals surface area contributed by atoms with Crippen molar-refractivity contribution in [2.24, 2.45) is 5.92 Å². The molecule has 0 spiro atoms. The number of anilines is 1. The fraction of sp³-hybridized carbons (Fsp3) is 0.696. The van der Waals surface area contributed by atoms with Crippen molar-refractivity contribution in [3.8, 4) is 5.75 Å². The van der Waals surface area contributed by atoms with Gasteiger partial charge in [0.25, 0.3) is 0 Å². The second-order valence-corrected chi connectivity index (χ2v) is 9.76. The fourth-order valence-electron chi connectivity index (χ4n) is 4.98. The standard InChI is InChI=1S/C23H30F6N6O4/c1-13(32-16-10-31-33-21(37)19(16)23(27,28)29)12-38-6-3-18(36)34-4-5-35-15(11-34)2-7-39-17-8-14(22(24,25)26)9-30-20(17)35/h8-9,13,15-16,19,31-32H,2-7,10-12H2,1H3,(H,33,37)/t13-,15+,16?,19?/m0/s1. The van der Waals surface area contributed by atoms with Crippen molar-refractivity contribution in [3.05, 3.63) is 17.8 Å². The molecule has 2 saturated heterocycles. The highest BCUT2D eigenvalue weighted by Gasteiger charge is 2.51. The lowest BCUT2D eigenvalue weighted by atomic mass is 9.96. The van der Waals surface area contributed by atoms with Crippen LogP contribution in [0.3, 0.4) is 0 Å². The van der Waals surface area contributed by atoms with Gasteiger partial charge < -0.3 is 24.6 Å². The van der Waals surface area contributed by atoms with Gasteiger partial charge in [0.15, 0.2) is 17.5 Å². The van der Waals surface area contributed by atoms with E-state index in [4.69, 9.17) is 9.47 Å². The van der Waals surface area contributed by atoms with Crippen LogP contribution in [0, 0.1) is 5.92 Å². The van der Waals surface area contributed by atoms with E-state index in [1.165, 1.54) is 0 Å². The van der Waals surface area contributed by atoms with Gasteiger partial charge in [0.05, 0.1) is 37.8 Å². The van der Waals surface area contributed by atoms with Crippen LogP contribution in [0.5, 0.6) is 5.75 Å². The number of nitrogens with zero attached hydrogens (tertiary/aromatic N) is 3. The molecule has 1 aromatic rings. The first-order chi connectivity index (χ1) is 18.3. The minimum atomic E-state index is -4.70. The van der Waals surface area contributed by atoms with Gasteiger partial charge >= 0.3 is 12.4 Å². The quantitative estimate of drug-likeness (QED) is 0.336. The average Bonchev–Trinajstić information content (AvgIpc) is 3.03. The first kappa shape index (κ1) is 29.1. The number of amides is 2. The molecular formula is C23H30F6N6O4. The van der Waals surface area contributed by atoms with Gasteiger partial charge in [0.1, 0.15) is 0 Å². The van der Waals surface area contributed by atoms with Gasteiger partial charge in [0, 0.05) is 50.9 Å². The Morgan fingerprint density at radius 3 is 2.77 bits per heavy atom. The number of nitrogens with one attached hydrogen (secondary N) is 3. The van der Waals surface area contributed by atoms with E-state index in [1.807, 2.05) is 10.3 Å². The monoisotopic (exact) mass is 568 g/mol. The predicted molar refractivity (Wildman–Crippen MR) is 125 cm³/mol. The summed E-state index contributed by atoms with van der Waals surface area (Å²) in [4.78, 5) is 32.0. The van der Waals surface area contributed by atoms with E-state index in [0.717, 1.165) is 12.3 Å². The van der Waals surface area contributed by atoms with Crippen LogP contribution >= 0.6 is 0 Å². The molecule has 16 heteroatoms. The van der Waals surface area contributed by atoms with Crippen LogP contribution in [-0.2, 0) is 20.5 Å². The number of hydrogen-bond donors (Lipinski definition) is 3. The Bertz CT molecular complexity index is 1040. The number of carbonyl (C=O) groups excluding carboxylic acids is 2. The molecule has 218 valence electrons. The van der Waals surface area contributed by atoms with Crippen molar-refractivity contribution < 1.29 is 45.4 Å². The Balaban J connectivity index is 1.23. The maximum atomic E-state index is 13.3. The lowest BCUT2D eigenvalue weighted by Gasteiger charge is -2.41. The molecule has 1 aromatic heterocycles. The van der Waals surface area contributed by atoms with Crippen LogP contribution in [0.4, 0.5) is 32.2 Å². The SMILES string of the molecule is C[C@@H](COCCC(=O)N1CCN2c3ncc(C(F)(F)F)cc3OCC[C@@H]2C1)NC1CNNC(=O)C1C(F)(F)F. The summed E-state index contributed by atoms with van der Waals surface area (Å²) in [5.74, 6) is -3.14. The van der Waals surface area contributed by atoms with Gasteiger partial charge in [-0.05, 0) is 13.0 Å². The molecule has 10 nitrogen and oxygen atoms in total. The van der Waals surface area contributed by atoms with Crippen molar-refractivity contribution in [2.75, 3.05) is 50.9 Å². The minimum absolute atomic E-state index is 0.0338. The molecule has 2 amide bonds. The third-order valence-corrected chi connectivity index (χ3v) is 6.87. The molecule has 0 aliphatic carbocycles. The van der Waals surface area contributed by atoms with E-state index in [9.17, 15) is 35.9 Å². The molecular weight excluding hydrogens is 538 g/mol. The molecule has 3 aliphatic heterocycles. The minimum Gasteiger partial charge on any atom is -0.490 e. The van der Waals surface area contributed by atoms with Gasteiger partial charge in [-0.2, -0.15) is 26.3 Å². The summed E-state index contributed by atoms with van der Waals surface area (Å²) in [7, 11) is 0. The molecule has 4 heterocycles. The molecule has 3 N–H and O–H groups in total. The zero-order chi connectivity index (χ0) is 28.4. The van der Waals surface area contributed by atoms with Gasteiger partial charge in [-0.3, -0.25) is 15.0 Å². The fourth-order valence-corrected chi connectivity index (χ4v) is 4.98. The third-order valence-electron chi connectivity index (χ3n) is 6.87. The normalized spacial score (nSPS) is 24.7. The summed E-state index contributed by atoms with van der Waals surface area (Å²) in [5, 5.41) is 2.76. The third kappa shape index (κ3) is 7.03. The summed E-state index contributed by atoms with van der Waals surface area (Å²) >= 11 is 0. The highest BCUT2D eigenvalue weighted by Crippen LogP contribution is 2.38. The summed E-state index contributed by atoms with van der Waals surface area (Å²) in [5.41, 5.74) is 3.54. The van der Waals surface area contributed by atoms with Crippen LogP contribution in [0.1, 0.15) is 25.3 Å². The van der Waals surface area contributed by atoms with Crippen LogP contribution in [0.15, 0.2) is 12.3 Å². The number of hydrogen-bond acceptors (Lipinski definition) is 8. The molecule has 0 aromatic carbocycles. The van der Waals surface area contributed by atoms with E-state index < -0.39 is 41.8 Å². The van der Waals surface area contributed by atoms with Gasteiger partial charge in [0.2, 0.25) is 11.8 Å². The zero-order valence-corrected chi connectivity index (χ0v) is 21.1. The van der Waals surface area contributed by atoms with Crippen molar-refractivity contribution in [3.63, 3.8) is 0 Å². The second kappa shape index (κ2) is 11.7. The van der Waals surface area contributed by atoms with E-state index in [0.29, 0.717) is 31.9 Å². The topological polar surface area (TPSA) is 108 Å². The maximum absolute atomic E-state index is 13.3. The lowest BCUT2D eigenvalue weighted by molar-refractivity contribution is -0.193. The van der Waals surface area contributed by atoms with Crippen LogP contribution in [-0.4, -0.2) is 92.0 Å². The van der Waals surface area contributed by atoms with E-state index in [2.05, 4.69) is 15.7 Å². The van der Waals surface area contributed by atoms with Crippen molar-refractivity contribution in [1.29, 1.82) is 0 Å². The van der Waals surface area contributed by atoms with Crippen LogP contribution < -0.4 is 25.8 Å². The number of hydrazine groups is 1. The molecule has 2 fully saturated rings. The Morgan fingerprint density at radius 2 is 2.05 bits per heavy atom. The lowest BCUT2D eigenvalue weighted by Crippen LogP contribution is -2.64. The van der Waals surface area contributed by atoms with Gasteiger partial charge in [-0.1, -0.05) is 0 Å². The highest BCUT2D eigenvalue weighted by molar-refractivity contribution is 5.80. The molecule has 4 atom stereocenters. The summed E-state index contributed by atoms with van der Waals surface area (Å²) in [6, 6.07) is -0.916. The molecule has 4 rings (SSSR count). The zero-order valence-electron chi connectivity index (χ0n) is 21.1. The first-order valence-electron chi connectivity index (χ1n) is 12.5. The van der Waals surface area contributed by atoms with Crippen molar-refractivity contribution in [1.82, 2.24) is 26.1 Å². The summed E-state index contributed by atoms with van der Waals surface area (Å²) in [6.07, 6.45) is -7.91. The summed E-state index contributed by atoms with van der Waals surface area (Å²) in [6.45, 7) is 2.83. The largest absolute Gasteiger partial charge is 0.490 e. The Morgan fingerprint density at radius 1 is 1.28 bits per heavy atom. The molecule has 0 radical (unpaired) electrons. The summed E-state index contributed by atoms with van der Waals surface area (Å²) < 4.78 is 90.0. The smallest absolute Gasteiger partial charge is 0.418 e. The average molecular weight is 569 g/mol. The Kier molecular flexibility index (Phi) is 8.75. The van der Waals surface area contributed by atoms with E-state index in [1.54, 1.807) is 11.8 Å². The van der Waals surface area contributed by atoms with E-state index in [-0.39, 0.29) is 50.5 Å². The van der Waals surface area contributed by atoms with Crippen molar-refractivity contribution >= 4 is 17.6 Å². The van der Waals surface area contributed by atoms with Gasteiger partial charge in [-0.25, -0.2) is 10.4 Å². The number of alkyl halides is 6. The highest BCUT2D eigenvalue weighted by atomic mass is 19.4. The number of halogens is 6. The number of carbonyl (C=O) groups is 2. The number of piperazine rings is 1. The number of aromatic nitrogens is 1. The van der Waals surface area contributed by atoms with Gasteiger partial charge in [-0.15, -0.1) is 0 Å². The number of ether oxygens (including phenoxy) is 2. The number of fused-ring (bicyclic) bond motifs is 3. The molecule has 3 aliphatic rings. The Hall–Kier alpha value is -2.85. The molecule has 0 saturated carbocycles. The maximum Gasteiger partial charge on any atom is 0.418 e. The molecule has 0 bridgehead atoms. The molecule has 39 heavy (non-hydrogen) atoms. The number of rotatable bonds is 7. The molecule has 2 unspecified atom stereocenters. The van der Waals surface area contributed by atoms with Crippen molar-refractivity contribution in [2.45, 2.75) is 50.2 Å². The Labute approximate surface area is 220 Å². The van der Waals surface area contributed by atoms with E-state index >= 15 is 0 Å². The predicted octanol–water partition coefficient (Wildman–Crippen LogP) is 1.47. The first-order valence-corrected chi connectivity index (χ1v) is 12.5.